The number of halogens is 1. The SMILES string of the molecule is CC1(C(=O)N/N=C\c2ccccc2F)Oc2ccccc2NC1=O. The first-order valence-electron chi connectivity index (χ1n) is 7.18. The molecule has 3 rings (SSSR count). The molecule has 0 spiro atoms. The van der Waals surface area contributed by atoms with Crippen LogP contribution in [0.3, 0.4) is 0 Å². The van der Waals surface area contributed by atoms with Crippen LogP contribution in [0.4, 0.5) is 10.1 Å². The van der Waals surface area contributed by atoms with Crippen molar-refractivity contribution < 1.29 is 18.7 Å². The Hall–Kier alpha value is -3.22. The van der Waals surface area contributed by atoms with Crippen molar-refractivity contribution in [3.05, 3.63) is 59.9 Å². The number of nitrogens with one attached hydrogen (secondary N) is 2. The molecule has 1 aliphatic rings. The summed E-state index contributed by atoms with van der Waals surface area (Å²) < 4.78 is 19.0. The Morgan fingerprint density at radius 3 is 2.75 bits per heavy atom. The maximum Gasteiger partial charge on any atom is 0.293 e. The van der Waals surface area contributed by atoms with Gasteiger partial charge in [0.1, 0.15) is 11.6 Å². The molecule has 2 N–H and O–H groups in total. The van der Waals surface area contributed by atoms with Crippen molar-refractivity contribution >= 4 is 23.7 Å². The minimum Gasteiger partial charge on any atom is -0.465 e. The van der Waals surface area contributed by atoms with E-state index in [0.29, 0.717) is 11.4 Å². The molecular formula is C17H14FN3O3. The summed E-state index contributed by atoms with van der Waals surface area (Å²) in [6.07, 6.45) is 1.16. The number of ether oxygens (including phenoxy) is 1. The zero-order chi connectivity index (χ0) is 17.2. The van der Waals surface area contributed by atoms with Crippen LogP contribution in [-0.2, 0) is 9.59 Å². The molecule has 0 saturated carbocycles. The highest BCUT2D eigenvalue weighted by Gasteiger charge is 2.47. The normalized spacial score (nSPS) is 19.3. The van der Waals surface area contributed by atoms with Gasteiger partial charge in [-0.15, -0.1) is 0 Å². The predicted octanol–water partition coefficient (Wildman–Crippen LogP) is 2.07. The van der Waals surface area contributed by atoms with Crippen molar-refractivity contribution in [1.82, 2.24) is 5.43 Å². The number of benzene rings is 2. The number of hydrogen-bond acceptors (Lipinski definition) is 4. The molecule has 0 radical (unpaired) electrons. The third-order valence-corrected chi connectivity index (χ3v) is 3.59. The van der Waals surface area contributed by atoms with E-state index in [9.17, 15) is 14.0 Å². The summed E-state index contributed by atoms with van der Waals surface area (Å²) >= 11 is 0. The Morgan fingerprint density at radius 2 is 1.96 bits per heavy atom. The minimum atomic E-state index is -1.78. The van der Waals surface area contributed by atoms with Crippen molar-refractivity contribution in [3.8, 4) is 5.75 Å². The van der Waals surface area contributed by atoms with E-state index in [-0.39, 0.29) is 5.56 Å². The molecule has 2 aromatic rings. The quantitative estimate of drug-likeness (QED) is 0.514. The Labute approximate surface area is 137 Å². The fraction of sp³-hybridized carbons (Fsp3) is 0.118. The number of nitrogens with zero attached hydrogens (tertiary/aromatic N) is 1. The highest BCUT2D eigenvalue weighted by molar-refractivity contribution is 6.15. The second kappa shape index (κ2) is 6.11. The molecule has 122 valence electrons. The molecule has 2 amide bonds. The molecule has 24 heavy (non-hydrogen) atoms. The topological polar surface area (TPSA) is 79.8 Å². The van der Waals surface area contributed by atoms with E-state index in [0.717, 1.165) is 6.21 Å². The molecule has 1 unspecified atom stereocenters. The summed E-state index contributed by atoms with van der Waals surface area (Å²) in [6, 6.07) is 12.7. The number of rotatable bonds is 3. The molecule has 1 heterocycles. The van der Waals surface area contributed by atoms with Gasteiger partial charge in [-0.2, -0.15) is 5.10 Å². The van der Waals surface area contributed by atoms with Gasteiger partial charge in [-0.1, -0.05) is 30.3 Å². The van der Waals surface area contributed by atoms with Gasteiger partial charge in [-0.25, -0.2) is 9.82 Å². The third kappa shape index (κ3) is 2.83. The molecule has 0 saturated heterocycles. The number of hydrazone groups is 1. The Balaban J connectivity index is 1.75. The average Bonchev–Trinajstić information content (AvgIpc) is 2.57. The lowest BCUT2D eigenvalue weighted by Crippen LogP contribution is -2.57. The summed E-state index contributed by atoms with van der Waals surface area (Å²) in [4.78, 5) is 24.5. The van der Waals surface area contributed by atoms with Gasteiger partial charge >= 0.3 is 0 Å². The van der Waals surface area contributed by atoms with Crippen LogP contribution in [0.5, 0.6) is 5.75 Å². The van der Waals surface area contributed by atoms with Crippen LogP contribution in [0.15, 0.2) is 53.6 Å². The highest BCUT2D eigenvalue weighted by atomic mass is 19.1. The molecule has 1 atom stereocenters. The number of fused-ring (bicyclic) bond motifs is 1. The van der Waals surface area contributed by atoms with Crippen molar-refractivity contribution in [2.24, 2.45) is 5.10 Å². The van der Waals surface area contributed by atoms with Crippen LogP contribution in [0.1, 0.15) is 12.5 Å². The van der Waals surface area contributed by atoms with Crippen LogP contribution >= 0.6 is 0 Å². The molecule has 0 bridgehead atoms. The first-order chi connectivity index (χ1) is 11.5. The fourth-order valence-corrected chi connectivity index (χ4v) is 2.16. The molecule has 0 fully saturated rings. The molecule has 2 aromatic carbocycles. The van der Waals surface area contributed by atoms with Crippen molar-refractivity contribution in [2.45, 2.75) is 12.5 Å². The van der Waals surface area contributed by atoms with Gasteiger partial charge in [0, 0.05) is 5.56 Å². The van der Waals surface area contributed by atoms with Gasteiger partial charge in [-0.3, -0.25) is 9.59 Å². The van der Waals surface area contributed by atoms with Crippen LogP contribution in [-0.4, -0.2) is 23.6 Å². The Morgan fingerprint density at radius 1 is 1.25 bits per heavy atom. The van der Waals surface area contributed by atoms with E-state index in [2.05, 4.69) is 15.8 Å². The van der Waals surface area contributed by atoms with E-state index < -0.39 is 23.2 Å². The lowest BCUT2D eigenvalue weighted by atomic mass is 10.0. The van der Waals surface area contributed by atoms with Crippen molar-refractivity contribution in [2.75, 3.05) is 5.32 Å². The highest BCUT2D eigenvalue weighted by Crippen LogP contribution is 2.33. The van der Waals surface area contributed by atoms with E-state index in [4.69, 9.17) is 4.74 Å². The smallest absolute Gasteiger partial charge is 0.293 e. The van der Waals surface area contributed by atoms with E-state index in [1.54, 1.807) is 36.4 Å². The third-order valence-electron chi connectivity index (χ3n) is 3.59. The zero-order valence-corrected chi connectivity index (χ0v) is 12.7. The second-order valence-corrected chi connectivity index (χ2v) is 5.31. The minimum absolute atomic E-state index is 0.210. The van der Waals surface area contributed by atoms with E-state index in [1.165, 1.54) is 19.1 Å². The van der Waals surface area contributed by atoms with Gasteiger partial charge in [0.25, 0.3) is 17.4 Å². The standard InChI is InChI=1S/C17H14FN3O3/c1-17(15(22)20-13-8-4-5-9-14(13)24-17)16(23)21-19-10-11-6-2-3-7-12(11)18/h2-10H,1H3,(H,20,22)(H,21,23)/b19-10-. The maximum absolute atomic E-state index is 13.5. The first-order valence-corrected chi connectivity index (χ1v) is 7.18. The second-order valence-electron chi connectivity index (χ2n) is 5.31. The van der Waals surface area contributed by atoms with Crippen molar-refractivity contribution in [1.29, 1.82) is 0 Å². The van der Waals surface area contributed by atoms with Gasteiger partial charge in [0.2, 0.25) is 0 Å². The summed E-state index contributed by atoms with van der Waals surface area (Å²) in [5, 5.41) is 6.30. The van der Waals surface area contributed by atoms with Crippen LogP contribution in [0, 0.1) is 5.82 Å². The van der Waals surface area contributed by atoms with Gasteiger partial charge in [0.15, 0.2) is 0 Å². The predicted molar refractivity (Wildman–Crippen MR) is 86.2 cm³/mol. The Kier molecular flexibility index (Phi) is 3.99. The summed E-state index contributed by atoms with van der Waals surface area (Å²) in [6.45, 7) is 1.34. The first kappa shape index (κ1) is 15.7. The summed E-state index contributed by atoms with van der Waals surface area (Å²) in [5.41, 5.74) is 1.13. The molecule has 0 aromatic heterocycles. The van der Waals surface area contributed by atoms with Crippen LogP contribution in [0.2, 0.25) is 0 Å². The zero-order valence-electron chi connectivity index (χ0n) is 12.7. The van der Waals surface area contributed by atoms with E-state index in [1.807, 2.05) is 0 Å². The molecule has 1 aliphatic heterocycles. The van der Waals surface area contributed by atoms with Crippen molar-refractivity contribution in [3.63, 3.8) is 0 Å². The number of carbonyl (C=O) groups is 2. The molecular weight excluding hydrogens is 313 g/mol. The fourth-order valence-electron chi connectivity index (χ4n) is 2.16. The average molecular weight is 327 g/mol. The lowest BCUT2D eigenvalue weighted by Gasteiger charge is -2.32. The summed E-state index contributed by atoms with van der Waals surface area (Å²) in [7, 11) is 0. The molecule has 6 nitrogen and oxygen atoms in total. The number of amides is 2. The van der Waals surface area contributed by atoms with Gasteiger partial charge < -0.3 is 10.1 Å². The number of para-hydroxylation sites is 2. The summed E-state index contributed by atoms with van der Waals surface area (Å²) in [5.74, 6) is -1.46. The van der Waals surface area contributed by atoms with E-state index >= 15 is 0 Å². The number of carbonyl (C=O) groups excluding carboxylic acids is 2. The number of anilines is 1. The van der Waals surface area contributed by atoms with Crippen LogP contribution < -0.4 is 15.5 Å². The maximum atomic E-state index is 13.5. The molecule has 0 aliphatic carbocycles. The molecule has 7 heteroatoms. The lowest BCUT2D eigenvalue weighted by molar-refractivity contribution is -0.146. The monoisotopic (exact) mass is 327 g/mol. The van der Waals surface area contributed by atoms with Gasteiger partial charge in [-0.05, 0) is 25.1 Å². The largest absolute Gasteiger partial charge is 0.465 e. The Bertz CT molecular complexity index is 837. The van der Waals surface area contributed by atoms with Gasteiger partial charge in [0.05, 0.1) is 11.9 Å². The number of hydrogen-bond donors (Lipinski definition) is 2. The van der Waals surface area contributed by atoms with Crippen LogP contribution in [0.25, 0.3) is 0 Å².